The molecule has 0 aliphatic rings. The van der Waals surface area contributed by atoms with Crippen LogP contribution in [0, 0.1) is 37.1 Å². The fourth-order valence-electron chi connectivity index (χ4n) is 4.90. The van der Waals surface area contributed by atoms with Crippen LogP contribution in [0.5, 0.6) is 0 Å². The van der Waals surface area contributed by atoms with E-state index in [4.69, 9.17) is 11.6 Å². The number of fused-ring (bicyclic) bond motifs is 1. The van der Waals surface area contributed by atoms with Crippen LogP contribution in [-0.2, 0) is 9.84 Å². The largest absolute Gasteiger partial charge is 0.383 e. The molecular weight excluding hydrogens is 566 g/mol. The van der Waals surface area contributed by atoms with Crippen LogP contribution in [0.15, 0.2) is 47.5 Å². The number of anilines is 2. The molecule has 0 aliphatic heterocycles. The number of hydrogen-bond acceptors (Lipinski definition) is 5. The first kappa shape index (κ1) is 29.6. The third-order valence-electron chi connectivity index (χ3n) is 6.66. The Morgan fingerprint density at radius 3 is 2.23 bits per heavy atom. The lowest BCUT2D eigenvalue weighted by molar-refractivity contribution is 0.396. The molecule has 40 heavy (non-hydrogen) atoms. The summed E-state index contributed by atoms with van der Waals surface area (Å²) in [5.41, 5.74) is 4.49. The molecule has 4 rings (SSSR count). The summed E-state index contributed by atoms with van der Waals surface area (Å²) in [6.07, 6.45) is 2.63. The van der Waals surface area contributed by atoms with Gasteiger partial charge >= 0.3 is 0 Å². The smallest absolute Gasteiger partial charge is 0.199 e. The van der Waals surface area contributed by atoms with Crippen molar-refractivity contribution in [2.75, 3.05) is 36.1 Å². The highest BCUT2D eigenvalue weighted by molar-refractivity contribution is 7.90. The van der Waals surface area contributed by atoms with Crippen molar-refractivity contribution in [3.63, 3.8) is 0 Å². The Hall–Kier alpha value is -3.37. The number of nitrogens with zero attached hydrogens (tertiary/aromatic N) is 2. The van der Waals surface area contributed by atoms with E-state index in [1.165, 1.54) is 4.90 Å². The molecule has 1 aromatic heterocycles. The van der Waals surface area contributed by atoms with Gasteiger partial charge in [0, 0.05) is 53.7 Å². The highest BCUT2D eigenvalue weighted by atomic mass is 35.5. The summed E-state index contributed by atoms with van der Waals surface area (Å²) in [6.45, 7) is 5.89. The highest BCUT2D eigenvalue weighted by Crippen LogP contribution is 2.38. The van der Waals surface area contributed by atoms with Crippen LogP contribution >= 0.6 is 11.6 Å². The van der Waals surface area contributed by atoms with E-state index in [1.54, 1.807) is 25.3 Å². The van der Waals surface area contributed by atoms with Crippen LogP contribution in [0.2, 0.25) is 5.02 Å². The second kappa shape index (κ2) is 11.6. The van der Waals surface area contributed by atoms with Crippen LogP contribution in [0.25, 0.3) is 22.0 Å². The van der Waals surface area contributed by atoms with Gasteiger partial charge in [0.2, 0.25) is 0 Å². The first-order valence-corrected chi connectivity index (χ1v) is 14.8. The Labute approximate surface area is 235 Å². The van der Waals surface area contributed by atoms with Gasteiger partial charge in [-0.05, 0) is 55.2 Å². The molecule has 3 aromatic carbocycles. The van der Waals surface area contributed by atoms with E-state index in [9.17, 15) is 26.0 Å². The molecule has 0 radical (unpaired) electrons. The Bertz CT molecular complexity index is 1690. The highest BCUT2D eigenvalue weighted by Gasteiger charge is 2.33. The summed E-state index contributed by atoms with van der Waals surface area (Å²) in [4.78, 5) is 4.47. The molecule has 0 spiro atoms. The minimum atomic E-state index is -4.44. The zero-order valence-corrected chi connectivity index (χ0v) is 24.0. The third kappa shape index (κ3) is 5.60. The Morgan fingerprint density at radius 2 is 1.60 bits per heavy atom. The summed E-state index contributed by atoms with van der Waals surface area (Å²) in [5, 5.41) is 4.43. The van der Waals surface area contributed by atoms with E-state index >= 15 is 0 Å². The molecule has 1 heterocycles. The van der Waals surface area contributed by atoms with Gasteiger partial charge in [-0.25, -0.2) is 26.0 Å². The quantitative estimate of drug-likeness (QED) is 0.0944. The number of rotatable bonds is 9. The number of benzene rings is 3. The van der Waals surface area contributed by atoms with Crippen molar-refractivity contribution >= 4 is 43.7 Å². The lowest BCUT2D eigenvalue weighted by Gasteiger charge is -2.27. The van der Waals surface area contributed by atoms with Crippen molar-refractivity contribution in [3.05, 3.63) is 82.0 Å². The second-order valence-electron chi connectivity index (χ2n) is 9.59. The maximum atomic E-state index is 14.9. The number of pyridine rings is 1. The predicted molar refractivity (Wildman–Crippen MR) is 152 cm³/mol. The van der Waals surface area contributed by atoms with Crippen LogP contribution in [-0.4, -0.2) is 39.3 Å². The molecular formula is C29H28ClF4N3O2S. The number of hydrogen-bond donors (Lipinski definition) is 1. The van der Waals surface area contributed by atoms with Crippen LogP contribution < -0.4 is 10.2 Å². The van der Waals surface area contributed by atoms with Gasteiger partial charge in [0.1, 0.15) is 4.90 Å². The second-order valence-corrected chi connectivity index (χ2v) is 12.0. The monoisotopic (exact) mass is 593 g/mol. The van der Waals surface area contributed by atoms with Crippen LogP contribution in [0.1, 0.15) is 24.5 Å². The van der Waals surface area contributed by atoms with Crippen molar-refractivity contribution < 1.29 is 26.0 Å². The lowest BCUT2D eigenvalue weighted by Crippen LogP contribution is -2.33. The summed E-state index contributed by atoms with van der Waals surface area (Å²) in [6, 6.07) is 11.4. The third-order valence-corrected chi connectivity index (χ3v) is 8.09. The Morgan fingerprint density at radius 1 is 0.950 bits per heavy atom. The number of aryl methyl sites for hydroxylation is 2. The predicted octanol–water partition coefficient (Wildman–Crippen LogP) is 7.46. The molecule has 11 heteroatoms. The van der Waals surface area contributed by atoms with Crippen molar-refractivity contribution in [1.29, 1.82) is 0 Å². The van der Waals surface area contributed by atoms with Crippen LogP contribution in [0.4, 0.5) is 28.9 Å². The van der Waals surface area contributed by atoms with Gasteiger partial charge in [0.05, 0.1) is 11.2 Å². The lowest BCUT2D eigenvalue weighted by atomic mass is 9.94. The van der Waals surface area contributed by atoms with E-state index in [-0.39, 0.29) is 19.6 Å². The maximum Gasteiger partial charge on any atom is 0.199 e. The first-order valence-electron chi connectivity index (χ1n) is 12.6. The van der Waals surface area contributed by atoms with Gasteiger partial charge in [-0.1, -0.05) is 36.7 Å². The number of nitrogens with one attached hydrogen (secondary N) is 1. The standard InChI is InChI=1S/C29H28ClF4N3O2S/c1-5-12-37(28-26(33)24(31)25(32)27(34)29(28)40(4,38)39)13-11-36-21-9-10-35-22-15-18(20(30)14-19(21)22)23-16(2)7-6-8-17(23)3/h6-10,14-15H,5,11-13H2,1-4H3,(H,35,36). The molecule has 4 aromatic rings. The average Bonchev–Trinajstić information content (AvgIpc) is 2.88. The van der Waals surface area contributed by atoms with Crippen molar-refractivity contribution in [1.82, 2.24) is 4.98 Å². The van der Waals surface area contributed by atoms with E-state index in [0.29, 0.717) is 34.3 Å². The topological polar surface area (TPSA) is 62.3 Å². The Balaban J connectivity index is 1.68. The van der Waals surface area contributed by atoms with Crippen molar-refractivity contribution in [2.45, 2.75) is 32.1 Å². The first-order chi connectivity index (χ1) is 18.9. The normalized spacial score (nSPS) is 11.7. The summed E-state index contributed by atoms with van der Waals surface area (Å²) < 4.78 is 82.2. The zero-order valence-electron chi connectivity index (χ0n) is 22.4. The van der Waals surface area contributed by atoms with E-state index in [2.05, 4.69) is 10.3 Å². The number of halogens is 5. The van der Waals surface area contributed by atoms with Crippen molar-refractivity contribution in [2.24, 2.45) is 0 Å². The van der Waals surface area contributed by atoms with Gasteiger partial charge in [-0.3, -0.25) is 4.98 Å². The molecule has 0 aliphatic carbocycles. The fraction of sp³-hybridized carbons (Fsp3) is 0.276. The molecule has 0 amide bonds. The van der Waals surface area contributed by atoms with E-state index < -0.39 is 43.7 Å². The molecule has 5 nitrogen and oxygen atoms in total. The number of sulfone groups is 1. The molecule has 0 unspecified atom stereocenters. The van der Waals surface area contributed by atoms with Gasteiger partial charge in [0.15, 0.2) is 33.1 Å². The van der Waals surface area contributed by atoms with E-state index in [1.807, 2.05) is 38.1 Å². The van der Waals surface area contributed by atoms with Gasteiger partial charge < -0.3 is 10.2 Å². The molecule has 0 bridgehead atoms. The maximum absolute atomic E-state index is 14.9. The van der Waals surface area contributed by atoms with Crippen molar-refractivity contribution in [3.8, 4) is 11.1 Å². The summed E-state index contributed by atoms with van der Waals surface area (Å²) in [5.74, 6) is -7.94. The molecule has 1 N–H and O–H groups in total. The summed E-state index contributed by atoms with van der Waals surface area (Å²) >= 11 is 6.72. The fourth-order valence-corrected chi connectivity index (χ4v) is 6.15. The minimum absolute atomic E-state index is 0.0458. The number of aromatic nitrogens is 1. The minimum Gasteiger partial charge on any atom is -0.383 e. The van der Waals surface area contributed by atoms with Gasteiger partial charge in [-0.2, -0.15) is 0 Å². The van der Waals surface area contributed by atoms with Gasteiger partial charge in [-0.15, -0.1) is 0 Å². The van der Waals surface area contributed by atoms with Crippen LogP contribution in [0.3, 0.4) is 0 Å². The molecule has 0 saturated heterocycles. The molecule has 212 valence electrons. The zero-order chi connectivity index (χ0) is 29.4. The molecule has 0 saturated carbocycles. The Kier molecular flexibility index (Phi) is 8.60. The molecule has 0 atom stereocenters. The SMILES string of the molecule is CCCN(CCNc1ccnc2cc(-c3c(C)cccc3C)c(Cl)cc12)c1c(F)c(F)c(F)c(F)c1S(C)(=O)=O. The summed E-state index contributed by atoms with van der Waals surface area (Å²) in [7, 11) is -4.44. The van der Waals surface area contributed by atoms with E-state index in [0.717, 1.165) is 22.3 Å². The van der Waals surface area contributed by atoms with Gasteiger partial charge in [0.25, 0.3) is 0 Å². The average molecular weight is 594 g/mol. The molecule has 0 fully saturated rings.